The largest absolute Gasteiger partial charge is 0.443 e. The molecule has 0 aliphatic heterocycles. The third kappa shape index (κ3) is 4.73. The maximum absolute atomic E-state index is 12.1. The smallest absolute Gasteiger partial charge is 0.312 e. The molecule has 1 aliphatic rings. The number of alkyl halides is 1. The average molecular weight is 316 g/mol. The number of amides is 1. The SMILES string of the molecule is CC1=C(N(COC(=O)C(C)(C)C)C(=O)CCl)C(C)CCC1. The number of carbonyl (C=O) groups excluding carboxylic acids is 2. The first kappa shape index (κ1) is 18.0. The molecule has 0 heterocycles. The molecular weight excluding hydrogens is 290 g/mol. The van der Waals surface area contributed by atoms with Crippen LogP contribution in [-0.4, -0.2) is 29.4 Å². The van der Waals surface area contributed by atoms with Crippen molar-refractivity contribution in [3.05, 3.63) is 11.3 Å². The van der Waals surface area contributed by atoms with Crippen molar-refractivity contribution in [1.29, 1.82) is 0 Å². The van der Waals surface area contributed by atoms with E-state index in [2.05, 4.69) is 6.92 Å². The van der Waals surface area contributed by atoms with Crippen molar-refractivity contribution >= 4 is 23.5 Å². The third-order valence-corrected chi connectivity index (χ3v) is 3.96. The zero-order valence-corrected chi connectivity index (χ0v) is 14.4. The number of carbonyl (C=O) groups is 2. The minimum absolute atomic E-state index is 0.0569. The molecule has 0 saturated carbocycles. The third-order valence-electron chi connectivity index (χ3n) is 3.74. The molecule has 1 rings (SSSR count). The Kier molecular flexibility index (Phi) is 6.26. The lowest BCUT2D eigenvalue weighted by atomic mass is 9.88. The first-order chi connectivity index (χ1) is 9.68. The Morgan fingerprint density at radius 1 is 1.38 bits per heavy atom. The van der Waals surface area contributed by atoms with Gasteiger partial charge < -0.3 is 4.74 Å². The van der Waals surface area contributed by atoms with Crippen LogP contribution in [0.1, 0.15) is 53.9 Å². The molecule has 0 radical (unpaired) electrons. The summed E-state index contributed by atoms with van der Waals surface area (Å²) in [6.45, 7) is 9.44. The molecule has 0 aromatic rings. The molecule has 0 N–H and O–H groups in total. The predicted molar refractivity (Wildman–Crippen MR) is 83.7 cm³/mol. The Morgan fingerprint density at radius 2 is 2.00 bits per heavy atom. The van der Waals surface area contributed by atoms with E-state index in [1.54, 1.807) is 20.8 Å². The molecule has 0 fully saturated rings. The molecule has 1 aliphatic carbocycles. The Balaban J connectivity index is 2.92. The summed E-state index contributed by atoms with van der Waals surface area (Å²) in [5.41, 5.74) is 1.56. The van der Waals surface area contributed by atoms with Crippen molar-refractivity contribution in [2.45, 2.75) is 53.9 Å². The van der Waals surface area contributed by atoms with E-state index in [4.69, 9.17) is 16.3 Å². The highest BCUT2D eigenvalue weighted by molar-refractivity contribution is 6.27. The summed E-state index contributed by atoms with van der Waals surface area (Å²) in [6, 6.07) is 0. The maximum atomic E-state index is 12.1. The minimum atomic E-state index is -0.586. The molecular formula is C16H26ClNO3. The molecule has 0 aromatic carbocycles. The molecule has 5 heteroatoms. The van der Waals surface area contributed by atoms with E-state index in [-0.39, 0.29) is 30.4 Å². The van der Waals surface area contributed by atoms with Crippen LogP contribution in [0.25, 0.3) is 0 Å². The highest BCUT2D eigenvalue weighted by Crippen LogP contribution is 2.32. The van der Waals surface area contributed by atoms with E-state index in [1.807, 2.05) is 6.92 Å². The number of hydrogen-bond acceptors (Lipinski definition) is 3. The zero-order chi connectivity index (χ0) is 16.2. The number of nitrogens with zero attached hydrogens (tertiary/aromatic N) is 1. The Morgan fingerprint density at radius 3 is 2.48 bits per heavy atom. The van der Waals surface area contributed by atoms with Crippen molar-refractivity contribution in [3.63, 3.8) is 0 Å². The second-order valence-electron chi connectivity index (χ2n) is 6.73. The second-order valence-corrected chi connectivity index (χ2v) is 6.99. The van der Waals surface area contributed by atoms with Crippen molar-refractivity contribution in [3.8, 4) is 0 Å². The minimum Gasteiger partial charge on any atom is -0.443 e. The highest BCUT2D eigenvalue weighted by Gasteiger charge is 2.29. The number of halogens is 1. The fraction of sp³-hybridized carbons (Fsp3) is 0.750. The second kappa shape index (κ2) is 7.30. The number of hydrogen-bond donors (Lipinski definition) is 0. The predicted octanol–water partition coefficient (Wildman–Crippen LogP) is 3.69. The van der Waals surface area contributed by atoms with Crippen LogP contribution in [-0.2, 0) is 14.3 Å². The molecule has 21 heavy (non-hydrogen) atoms. The Hall–Kier alpha value is -1.03. The van der Waals surface area contributed by atoms with Crippen molar-refractivity contribution in [2.75, 3.05) is 12.6 Å². The van der Waals surface area contributed by atoms with Crippen LogP contribution in [0.2, 0.25) is 0 Å². The van der Waals surface area contributed by atoms with Crippen LogP contribution in [0.3, 0.4) is 0 Å². The van der Waals surface area contributed by atoms with Crippen LogP contribution in [0.5, 0.6) is 0 Å². The van der Waals surface area contributed by atoms with E-state index >= 15 is 0 Å². The van der Waals surface area contributed by atoms with Crippen molar-refractivity contribution < 1.29 is 14.3 Å². The van der Waals surface area contributed by atoms with Gasteiger partial charge in [0.15, 0.2) is 6.73 Å². The van der Waals surface area contributed by atoms with Gasteiger partial charge >= 0.3 is 5.97 Å². The molecule has 0 bridgehead atoms. The molecule has 0 saturated heterocycles. The maximum Gasteiger partial charge on any atom is 0.312 e. The molecule has 1 atom stereocenters. The quantitative estimate of drug-likeness (QED) is 0.451. The van der Waals surface area contributed by atoms with Crippen molar-refractivity contribution in [2.24, 2.45) is 11.3 Å². The van der Waals surface area contributed by atoms with Gasteiger partial charge in [-0.1, -0.05) is 12.5 Å². The number of esters is 1. The van der Waals surface area contributed by atoms with Crippen LogP contribution < -0.4 is 0 Å². The fourth-order valence-electron chi connectivity index (χ4n) is 2.54. The van der Waals surface area contributed by atoms with E-state index in [9.17, 15) is 9.59 Å². The van der Waals surface area contributed by atoms with Gasteiger partial charge in [0.2, 0.25) is 5.91 Å². The summed E-state index contributed by atoms with van der Waals surface area (Å²) in [5, 5.41) is 0. The van der Waals surface area contributed by atoms with E-state index in [0.29, 0.717) is 0 Å². The van der Waals surface area contributed by atoms with Gasteiger partial charge in [0.05, 0.1) is 5.41 Å². The lowest BCUT2D eigenvalue weighted by Gasteiger charge is -2.33. The molecule has 120 valence electrons. The first-order valence-electron chi connectivity index (χ1n) is 7.41. The summed E-state index contributed by atoms with van der Waals surface area (Å²) in [5.74, 6) is -0.381. The average Bonchev–Trinajstić information content (AvgIpc) is 2.39. The highest BCUT2D eigenvalue weighted by atomic mass is 35.5. The van der Waals surface area contributed by atoms with Crippen molar-refractivity contribution in [1.82, 2.24) is 4.90 Å². The van der Waals surface area contributed by atoms with Gasteiger partial charge in [0.25, 0.3) is 0 Å². The molecule has 4 nitrogen and oxygen atoms in total. The topological polar surface area (TPSA) is 46.6 Å². The number of ether oxygens (including phenoxy) is 1. The summed E-state index contributed by atoms with van der Waals surface area (Å²) in [4.78, 5) is 25.6. The van der Waals surface area contributed by atoms with Crippen LogP contribution in [0.4, 0.5) is 0 Å². The molecule has 0 spiro atoms. The van der Waals surface area contributed by atoms with Crippen LogP contribution in [0.15, 0.2) is 11.3 Å². The first-order valence-corrected chi connectivity index (χ1v) is 7.95. The summed E-state index contributed by atoms with van der Waals surface area (Å²) in [7, 11) is 0. The van der Waals surface area contributed by atoms with Gasteiger partial charge in [-0.25, -0.2) is 0 Å². The van der Waals surface area contributed by atoms with E-state index in [1.165, 1.54) is 10.5 Å². The van der Waals surface area contributed by atoms with Gasteiger partial charge in [-0.15, -0.1) is 11.6 Å². The van der Waals surface area contributed by atoms with Gasteiger partial charge in [0, 0.05) is 5.70 Å². The standard InChI is InChI=1S/C16H26ClNO3/c1-11-7-6-8-12(2)14(11)18(13(19)9-17)10-21-15(20)16(3,4)5/h11H,6-10H2,1-5H3. The van der Waals surface area contributed by atoms with Gasteiger partial charge in [0.1, 0.15) is 5.88 Å². The molecule has 1 unspecified atom stereocenters. The normalized spacial score (nSPS) is 19.4. The van der Waals surface area contributed by atoms with E-state index in [0.717, 1.165) is 25.0 Å². The lowest BCUT2D eigenvalue weighted by molar-refractivity contribution is -0.159. The number of allylic oxidation sites excluding steroid dienone is 2. The van der Waals surface area contributed by atoms with Crippen LogP contribution >= 0.6 is 11.6 Å². The lowest BCUT2D eigenvalue weighted by Crippen LogP contribution is -2.39. The molecule has 1 amide bonds. The zero-order valence-electron chi connectivity index (χ0n) is 13.7. The monoisotopic (exact) mass is 315 g/mol. The summed E-state index contributed by atoms with van der Waals surface area (Å²) >= 11 is 5.71. The van der Waals surface area contributed by atoms with Gasteiger partial charge in [-0.2, -0.15) is 0 Å². The van der Waals surface area contributed by atoms with Gasteiger partial charge in [-0.05, 0) is 52.9 Å². The Bertz CT molecular complexity index is 437. The van der Waals surface area contributed by atoms with Gasteiger partial charge in [-0.3, -0.25) is 14.5 Å². The van der Waals surface area contributed by atoms with E-state index < -0.39 is 5.41 Å². The molecule has 0 aromatic heterocycles. The summed E-state index contributed by atoms with van der Waals surface area (Å²) in [6.07, 6.45) is 3.13. The Labute approximate surface area is 132 Å². The number of rotatable bonds is 4. The summed E-state index contributed by atoms with van der Waals surface area (Å²) < 4.78 is 5.31. The van der Waals surface area contributed by atoms with Crippen LogP contribution in [0, 0.1) is 11.3 Å². The fourth-order valence-corrected chi connectivity index (χ4v) is 2.69.